The third kappa shape index (κ3) is 25.9. The fourth-order valence-electron chi connectivity index (χ4n) is 17.0. The van der Waals surface area contributed by atoms with E-state index in [0.717, 1.165) is 238 Å². The molecule has 0 radical (unpaired) electrons. The first-order valence-electron chi connectivity index (χ1n) is 46.8. The van der Waals surface area contributed by atoms with Gasteiger partial charge in [-0.3, -0.25) is 48.7 Å². The van der Waals surface area contributed by atoms with E-state index in [4.69, 9.17) is 58.8 Å². The second kappa shape index (κ2) is 46.8. The van der Waals surface area contributed by atoms with Crippen molar-refractivity contribution in [3.63, 3.8) is 0 Å². The van der Waals surface area contributed by atoms with E-state index in [1.807, 2.05) is 125 Å². The lowest BCUT2D eigenvalue weighted by atomic mass is 10.1. The monoisotopic (exact) mass is 1880 g/mol. The van der Waals surface area contributed by atoms with Crippen LogP contribution in [0, 0.1) is 11.7 Å². The van der Waals surface area contributed by atoms with Crippen LogP contribution in [0.3, 0.4) is 0 Å². The van der Waals surface area contributed by atoms with Crippen LogP contribution in [0.15, 0.2) is 219 Å². The summed E-state index contributed by atoms with van der Waals surface area (Å²) in [5.41, 5.74) is 26.9. The lowest BCUT2D eigenvalue weighted by molar-refractivity contribution is -0.0679. The molecule has 9 heterocycles. The summed E-state index contributed by atoms with van der Waals surface area (Å²) in [6.45, 7) is 20.6. The number of morpholine rings is 1. The minimum atomic E-state index is -0.347. The van der Waals surface area contributed by atoms with Gasteiger partial charge >= 0.3 is 0 Å². The molecule has 1 aliphatic carbocycles. The summed E-state index contributed by atoms with van der Waals surface area (Å²) in [6, 6.07) is 47.0. The van der Waals surface area contributed by atoms with Crippen molar-refractivity contribution in [3.05, 3.63) is 231 Å². The number of piperazine rings is 1. The Bertz CT molecular complexity index is 6700. The number of nitrogens with two attached hydrogens (primary N) is 1. The fourth-order valence-corrected chi connectivity index (χ4v) is 17.0. The number of carbonyl (C=O) groups excluding carboxylic acids is 1. The van der Waals surface area contributed by atoms with Gasteiger partial charge in [0, 0.05) is 279 Å². The summed E-state index contributed by atoms with van der Waals surface area (Å²) in [5, 5.41) is 22.3. The van der Waals surface area contributed by atoms with E-state index in [1.165, 1.54) is 38.3 Å². The van der Waals surface area contributed by atoms with E-state index in [9.17, 15) is 9.18 Å². The van der Waals surface area contributed by atoms with Crippen molar-refractivity contribution in [1.82, 2.24) is 95.0 Å². The number of hydrogen-bond donors (Lipinski definition) is 4. The number of fused-ring (bicyclic) bond motifs is 4. The Balaban J connectivity index is 0.000000141. The zero-order valence-electron chi connectivity index (χ0n) is 81.7. The molecule has 33 nitrogen and oxygen atoms in total. The van der Waals surface area contributed by atoms with Crippen molar-refractivity contribution in [2.45, 2.75) is 71.6 Å². The normalized spacial score (nSPS) is 14.5. The summed E-state index contributed by atoms with van der Waals surface area (Å²) < 4.78 is 58.5. The number of halogens is 1. The van der Waals surface area contributed by atoms with Crippen molar-refractivity contribution in [2.24, 2.45) is 37.8 Å². The Morgan fingerprint density at radius 1 is 0.496 bits per heavy atom. The zero-order chi connectivity index (χ0) is 97.6. The highest BCUT2D eigenvalue weighted by atomic mass is 19.1. The summed E-state index contributed by atoms with van der Waals surface area (Å²) in [4.78, 5) is 68.1. The number of benzene rings is 8. The maximum absolute atomic E-state index is 14.3. The van der Waals surface area contributed by atoms with E-state index in [2.05, 4.69) is 162 Å². The molecule has 7 aromatic heterocycles. The molecule has 2 aliphatic heterocycles. The van der Waals surface area contributed by atoms with Crippen molar-refractivity contribution in [1.29, 1.82) is 0 Å². The van der Waals surface area contributed by atoms with Crippen LogP contribution in [0.25, 0.3) is 83.5 Å². The summed E-state index contributed by atoms with van der Waals surface area (Å²) in [7, 11) is 18.8. The van der Waals surface area contributed by atoms with Gasteiger partial charge < -0.3 is 79.3 Å². The molecule has 0 unspecified atom stereocenters. The standard InChI is InChI=1S/C29H38N6O3.C27H33N7O2.C25H26N6O2.C24H27FN6O/c1-20-18-34(19-21(2)38-20)9-6-10-35(24-11-25(36-4)14-26(12-24)37-5)23-7-8-27-28(13-23)33-29(17-32-27)22(15-30)16-31-3;1-32-19-20(17-30-32)27-18-29-25-6-5-21(15-26(25)31-27)34(10-4-9-33-11-7-28-8-12-33)22-13-23(35-2)16-24(14-22)36-3;1-26-25(32)17-8-20(10-21(9-17)33-3)31(14-16-4-5-16)19-6-7-22-23(11-19)29-24(13-27-22)18-12-28-30(2)15-18;1-16(2)26-7-8-31(20-9-18(25)10-21(11-20)32-4)19-5-6-22-23(12-19)29-24(14-27-22)17-13-28-30(3)15-17/h7-8,11-17,20-21H,6,9-10,18-19,30H2,1-5H3;5-6,13-19,28H,4,7-12H2,1-3H3;6-13,15-16H,4-5,14H2,1-3H3,(H,26,32);5-6,9-16,26H,7-8H2,1-4H3/t20-,21+;;;. The van der Waals surface area contributed by atoms with Gasteiger partial charge in [0.15, 0.2) is 0 Å². The molecule has 3 aliphatic rings. The predicted molar refractivity (Wildman–Crippen MR) is 549 cm³/mol. The van der Waals surface area contributed by atoms with E-state index in [0.29, 0.717) is 46.9 Å². The molecular formula is C105H124FN25O8. The largest absolute Gasteiger partial charge is 0.497 e. The minimum absolute atomic E-state index is 0.146. The molecule has 3 fully saturated rings. The average molecular weight is 1880 g/mol. The summed E-state index contributed by atoms with van der Waals surface area (Å²) in [6.07, 6.45) is 26.3. The van der Waals surface area contributed by atoms with Crippen molar-refractivity contribution in [3.8, 4) is 68.3 Å². The lowest BCUT2D eigenvalue weighted by Crippen LogP contribution is -2.46. The smallest absolute Gasteiger partial charge is 0.251 e. The maximum atomic E-state index is 14.3. The molecule has 1 saturated carbocycles. The Morgan fingerprint density at radius 3 is 1.29 bits per heavy atom. The van der Waals surface area contributed by atoms with Gasteiger partial charge in [-0.05, 0) is 143 Å². The number of ether oxygens (including phenoxy) is 7. The number of hydrogen-bond acceptors (Lipinski definition) is 29. The van der Waals surface area contributed by atoms with Gasteiger partial charge in [0.1, 0.15) is 40.3 Å². The molecule has 724 valence electrons. The van der Waals surface area contributed by atoms with Gasteiger partial charge in [-0.1, -0.05) is 13.8 Å². The quantitative estimate of drug-likeness (QED) is 0.0272. The van der Waals surface area contributed by atoms with Gasteiger partial charge in [0.2, 0.25) is 0 Å². The zero-order valence-corrected chi connectivity index (χ0v) is 81.7. The number of aryl methyl sites for hydroxylation is 3. The molecule has 1 amide bonds. The van der Waals surface area contributed by atoms with Crippen molar-refractivity contribution < 1.29 is 42.3 Å². The lowest BCUT2D eigenvalue weighted by Gasteiger charge is -2.36. The van der Waals surface area contributed by atoms with Crippen LogP contribution >= 0.6 is 0 Å². The summed E-state index contributed by atoms with van der Waals surface area (Å²) >= 11 is 0. The topological polar surface area (TPSA) is 332 Å². The average Bonchev–Trinajstić information content (AvgIpc) is 1.41. The molecule has 34 heteroatoms. The number of amides is 1. The van der Waals surface area contributed by atoms with E-state index in [-0.39, 0.29) is 23.9 Å². The van der Waals surface area contributed by atoms with Gasteiger partial charge in [-0.25, -0.2) is 24.3 Å². The first kappa shape index (κ1) is 98.7. The molecule has 139 heavy (non-hydrogen) atoms. The highest BCUT2D eigenvalue weighted by Gasteiger charge is 2.29. The molecule has 0 bridgehead atoms. The highest BCUT2D eigenvalue weighted by molar-refractivity contribution is 6.09. The van der Waals surface area contributed by atoms with E-state index >= 15 is 0 Å². The van der Waals surface area contributed by atoms with Crippen LogP contribution in [-0.4, -0.2) is 251 Å². The number of carbonyl (C=O) groups is 1. The maximum Gasteiger partial charge on any atom is 0.251 e. The van der Waals surface area contributed by atoms with Gasteiger partial charge in [-0.15, -0.1) is 0 Å². The fraction of sp³-hybridized carbons (Fsp3) is 0.343. The van der Waals surface area contributed by atoms with Crippen molar-refractivity contribution in [2.75, 3.05) is 161 Å². The molecule has 15 aromatic rings. The molecule has 2 atom stereocenters. The second-order valence-electron chi connectivity index (χ2n) is 34.9. The summed E-state index contributed by atoms with van der Waals surface area (Å²) in [5.74, 6) is 4.24. The van der Waals surface area contributed by atoms with E-state index < -0.39 is 0 Å². The Morgan fingerprint density at radius 2 is 0.892 bits per heavy atom. The van der Waals surface area contributed by atoms with Crippen LogP contribution in [-0.2, 0) is 25.9 Å². The van der Waals surface area contributed by atoms with E-state index in [1.54, 1.807) is 113 Å². The Labute approximate surface area is 810 Å². The Hall–Kier alpha value is -14.8. The molecular weight excluding hydrogens is 1760 g/mol. The molecule has 8 aromatic carbocycles. The number of aromatic nitrogens is 14. The molecule has 2 saturated heterocycles. The third-order valence-electron chi connectivity index (χ3n) is 24.2. The molecule has 18 rings (SSSR count). The third-order valence-corrected chi connectivity index (χ3v) is 24.2. The first-order valence-corrected chi connectivity index (χ1v) is 46.8. The number of allylic oxidation sites excluding steroid dienone is 1. The molecule has 0 spiro atoms. The minimum Gasteiger partial charge on any atom is -0.497 e. The Kier molecular flexibility index (Phi) is 33.2. The van der Waals surface area contributed by atoms with Gasteiger partial charge in [0.25, 0.3) is 5.91 Å². The number of anilines is 8. The number of methoxy groups -OCH3 is 6. The second-order valence-corrected chi connectivity index (χ2v) is 34.9. The van der Waals surface area contributed by atoms with Crippen molar-refractivity contribution >= 4 is 107 Å². The van der Waals surface area contributed by atoms with Gasteiger partial charge in [-0.2, -0.15) is 15.3 Å². The van der Waals surface area contributed by atoms with Gasteiger partial charge in [0.05, 0.1) is 165 Å². The SMILES string of the molecule is CN=CC(=CN)c1cnc2ccc(N(CCCN3C[C@@H](C)O[C@@H](C)C3)c3cc(OC)cc(OC)c3)cc2n1.CNC(=O)c1cc(OC)cc(N(CC2CC2)c2ccc3ncc(-c4cnn(C)c4)nc3c2)c1.COc1cc(F)cc(N(CCNC(C)C)c2ccc3ncc(-c4cnn(C)c4)nc3c2)c1.COc1cc(OC)cc(N(CCCN2CCNCC2)c2ccc3ncc(-c4cnn(C)c4)nc3c2)c1. The van der Waals surface area contributed by atoms with Crippen LogP contribution in [0.4, 0.5) is 49.9 Å². The van der Waals surface area contributed by atoms with Crippen LogP contribution in [0.2, 0.25) is 0 Å². The molecule has 5 N–H and O–H groups in total. The number of rotatable bonds is 34. The predicted octanol–water partition coefficient (Wildman–Crippen LogP) is 16.0. The van der Waals surface area contributed by atoms with Crippen LogP contribution < -0.4 is 69.7 Å². The van der Waals surface area contributed by atoms with Crippen LogP contribution in [0.1, 0.15) is 69.4 Å². The number of nitrogens with zero attached hydrogens (tertiary/aromatic N) is 21. The van der Waals surface area contributed by atoms with Crippen LogP contribution in [0.5, 0.6) is 34.5 Å². The number of nitrogens with one attached hydrogen (secondary N) is 3. The first-order chi connectivity index (χ1) is 67.5. The highest BCUT2D eigenvalue weighted by Crippen LogP contribution is 2.41. The number of aliphatic imine (C=N–C) groups is 1.